The molecule has 1 rings (SSSR count). The molecule has 124 valence electrons. The average molecular weight is 331 g/mol. The van der Waals surface area contributed by atoms with Gasteiger partial charge in [-0.2, -0.15) is 17.2 Å². The second kappa shape index (κ2) is 6.95. The molecule has 1 saturated heterocycles. The molecule has 1 amide bonds. The normalized spacial score (nSPS) is 19.6. The van der Waals surface area contributed by atoms with Gasteiger partial charge in [0.2, 0.25) is 0 Å². The lowest BCUT2D eigenvalue weighted by atomic mass is 10.1. The van der Waals surface area contributed by atoms with Gasteiger partial charge in [0.1, 0.15) is 0 Å². The van der Waals surface area contributed by atoms with Gasteiger partial charge in [-0.05, 0) is 26.7 Å². The molecule has 1 aliphatic heterocycles. The Morgan fingerprint density at radius 1 is 1.43 bits per heavy atom. The Kier molecular flexibility index (Phi) is 6.02. The minimum absolute atomic E-state index is 0.0759. The second-order valence-electron chi connectivity index (χ2n) is 4.64. The Hall–Kier alpha value is -0.840. The third-order valence-electron chi connectivity index (χ3n) is 3.09. The Morgan fingerprint density at radius 3 is 2.38 bits per heavy atom. The van der Waals surface area contributed by atoms with Gasteiger partial charge >= 0.3 is 21.3 Å². The van der Waals surface area contributed by atoms with Gasteiger partial charge in [0.15, 0.2) is 6.29 Å². The van der Waals surface area contributed by atoms with Gasteiger partial charge in [0.05, 0.1) is 6.10 Å². The number of halogens is 2. The maximum atomic E-state index is 13.2. The van der Waals surface area contributed by atoms with Crippen LogP contribution in [-0.4, -0.2) is 61.1 Å². The van der Waals surface area contributed by atoms with Crippen LogP contribution in [0.2, 0.25) is 0 Å². The first-order valence-corrected chi connectivity index (χ1v) is 7.94. The summed E-state index contributed by atoms with van der Waals surface area (Å²) in [7, 11) is -5.77. The minimum atomic E-state index is -5.77. The van der Waals surface area contributed by atoms with Gasteiger partial charge in [-0.3, -0.25) is 9.35 Å². The van der Waals surface area contributed by atoms with Crippen molar-refractivity contribution in [3.63, 3.8) is 0 Å². The number of amides is 1. The Morgan fingerprint density at radius 2 is 1.95 bits per heavy atom. The number of hydrogen-bond donors (Lipinski definition) is 1. The first-order valence-electron chi connectivity index (χ1n) is 6.50. The van der Waals surface area contributed by atoms with Gasteiger partial charge < -0.3 is 14.4 Å². The van der Waals surface area contributed by atoms with Crippen LogP contribution in [0.3, 0.4) is 0 Å². The third kappa shape index (κ3) is 4.56. The first-order chi connectivity index (χ1) is 9.59. The number of carbonyl (C=O) groups is 1. The van der Waals surface area contributed by atoms with Gasteiger partial charge in [-0.15, -0.1) is 0 Å². The number of piperidine rings is 1. The highest BCUT2D eigenvalue weighted by Crippen LogP contribution is 2.26. The fourth-order valence-electron chi connectivity index (χ4n) is 2.03. The molecule has 0 spiro atoms. The molecule has 7 nitrogen and oxygen atoms in total. The van der Waals surface area contributed by atoms with E-state index in [9.17, 15) is 22.0 Å². The zero-order chi connectivity index (χ0) is 16.3. The van der Waals surface area contributed by atoms with Crippen LogP contribution in [0, 0.1) is 0 Å². The lowest BCUT2D eigenvalue weighted by Crippen LogP contribution is -2.51. The standard InChI is InChI=1S/C11H19F2NO6S/c1-3-19-8(2)20-9-4-6-14(7-5-9)10(15)11(12,13)21(16,17)18/h8-9H,3-7H2,1-2H3,(H,16,17,18). The molecule has 1 heterocycles. The Balaban J connectivity index is 2.55. The van der Waals surface area contributed by atoms with E-state index in [2.05, 4.69) is 0 Å². The van der Waals surface area contributed by atoms with E-state index >= 15 is 0 Å². The summed E-state index contributed by atoms with van der Waals surface area (Å²) in [5, 5.41) is -4.82. The van der Waals surface area contributed by atoms with E-state index in [0.717, 1.165) is 0 Å². The van der Waals surface area contributed by atoms with E-state index in [1.807, 2.05) is 0 Å². The zero-order valence-corrected chi connectivity index (χ0v) is 12.6. The molecule has 0 aliphatic carbocycles. The van der Waals surface area contributed by atoms with Crippen LogP contribution < -0.4 is 0 Å². The highest BCUT2D eigenvalue weighted by Gasteiger charge is 2.54. The number of hydrogen-bond acceptors (Lipinski definition) is 5. The van der Waals surface area contributed by atoms with Crippen LogP contribution in [-0.2, 0) is 24.4 Å². The largest absolute Gasteiger partial charge is 0.446 e. The van der Waals surface area contributed by atoms with Crippen molar-refractivity contribution >= 4 is 16.0 Å². The molecule has 21 heavy (non-hydrogen) atoms. The first kappa shape index (κ1) is 18.2. The summed E-state index contributed by atoms with van der Waals surface area (Å²) < 4.78 is 66.6. The molecule has 1 atom stereocenters. The van der Waals surface area contributed by atoms with Crippen molar-refractivity contribution in [2.75, 3.05) is 19.7 Å². The second-order valence-corrected chi connectivity index (χ2v) is 6.11. The maximum absolute atomic E-state index is 13.2. The fraction of sp³-hybridized carbons (Fsp3) is 0.909. The highest BCUT2D eigenvalue weighted by atomic mass is 32.2. The third-order valence-corrected chi connectivity index (χ3v) is 3.91. The molecule has 1 N–H and O–H groups in total. The van der Waals surface area contributed by atoms with Gasteiger partial charge in [-0.1, -0.05) is 0 Å². The van der Waals surface area contributed by atoms with E-state index in [4.69, 9.17) is 14.0 Å². The molecule has 0 aromatic heterocycles. The highest BCUT2D eigenvalue weighted by molar-refractivity contribution is 7.87. The maximum Gasteiger partial charge on any atom is 0.446 e. The van der Waals surface area contributed by atoms with E-state index in [1.54, 1.807) is 13.8 Å². The quantitative estimate of drug-likeness (QED) is 0.573. The summed E-state index contributed by atoms with van der Waals surface area (Å²) in [4.78, 5) is 12.2. The van der Waals surface area contributed by atoms with Crippen molar-refractivity contribution in [2.24, 2.45) is 0 Å². The summed E-state index contributed by atoms with van der Waals surface area (Å²) >= 11 is 0. The summed E-state index contributed by atoms with van der Waals surface area (Å²) in [6.07, 6.45) is -0.133. The molecule has 0 aromatic rings. The summed E-state index contributed by atoms with van der Waals surface area (Å²) in [6, 6.07) is 0. The van der Waals surface area contributed by atoms with Gasteiger partial charge in [0, 0.05) is 19.7 Å². The fourth-order valence-corrected chi connectivity index (χ4v) is 2.38. The predicted octanol–water partition coefficient (Wildman–Crippen LogP) is 0.857. The molecule has 0 saturated carbocycles. The molecule has 0 aromatic carbocycles. The van der Waals surface area contributed by atoms with Crippen LogP contribution in [0.1, 0.15) is 26.7 Å². The van der Waals surface area contributed by atoms with Crippen molar-refractivity contribution < 1.29 is 36.0 Å². The van der Waals surface area contributed by atoms with Crippen LogP contribution in [0.5, 0.6) is 0 Å². The molecule has 10 heteroatoms. The van der Waals surface area contributed by atoms with Crippen molar-refractivity contribution in [1.29, 1.82) is 0 Å². The van der Waals surface area contributed by atoms with E-state index in [0.29, 0.717) is 11.5 Å². The number of ether oxygens (including phenoxy) is 2. The number of rotatable bonds is 6. The number of nitrogens with zero attached hydrogens (tertiary/aromatic N) is 1. The van der Waals surface area contributed by atoms with Gasteiger partial charge in [-0.25, -0.2) is 0 Å². The van der Waals surface area contributed by atoms with Crippen LogP contribution in [0.4, 0.5) is 8.78 Å². The van der Waals surface area contributed by atoms with E-state index < -0.39 is 27.6 Å². The molecule has 1 unspecified atom stereocenters. The monoisotopic (exact) mass is 331 g/mol. The topological polar surface area (TPSA) is 93.1 Å². The lowest BCUT2D eigenvalue weighted by Gasteiger charge is -2.34. The summed E-state index contributed by atoms with van der Waals surface area (Å²) in [5.74, 6) is -1.92. The molecular formula is C11H19F2NO6S. The van der Waals surface area contributed by atoms with Crippen molar-refractivity contribution in [3.05, 3.63) is 0 Å². The molecule has 0 bridgehead atoms. The average Bonchev–Trinajstić information content (AvgIpc) is 2.37. The lowest BCUT2D eigenvalue weighted by molar-refractivity contribution is -0.171. The van der Waals surface area contributed by atoms with Crippen molar-refractivity contribution in [3.8, 4) is 0 Å². The van der Waals surface area contributed by atoms with E-state index in [1.165, 1.54) is 0 Å². The molecule has 1 aliphatic rings. The molecule has 1 fully saturated rings. The van der Waals surface area contributed by atoms with E-state index in [-0.39, 0.29) is 32.0 Å². The molecule has 0 radical (unpaired) electrons. The Bertz CT molecular complexity index is 461. The number of alkyl halides is 2. The number of carbonyl (C=O) groups excluding carboxylic acids is 1. The van der Waals surface area contributed by atoms with Crippen LogP contribution in [0.25, 0.3) is 0 Å². The van der Waals surface area contributed by atoms with Crippen LogP contribution >= 0.6 is 0 Å². The number of likely N-dealkylation sites (tertiary alicyclic amines) is 1. The minimum Gasteiger partial charge on any atom is -0.353 e. The van der Waals surface area contributed by atoms with Crippen molar-refractivity contribution in [2.45, 2.75) is 44.3 Å². The van der Waals surface area contributed by atoms with Crippen molar-refractivity contribution in [1.82, 2.24) is 4.90 Å². The smallest absolute Gasteiger partial charge is 0.353 e. The summed E-state index contributed by atoms with van der Waals surface area (Å²) in [6.45, 7) is 3.83. The van der Waals surface area contributed by atoms with Crippen LogP contribution in [0.15, 0.2) is 0 Å². The molecular weight excluding hydrogens is 312 g/mol. The SMILES string of the molecule is CCOC(C)OC1CCN(C(=O)C(F)(F)S(=O)(=O)O)CC1. The van der Waals surface area contributed by atoms with Gasteiger partial charge in [0.25, 0.3) is 0 Å². The zero-order valence-electron chi connectivity index (χ0n) is 11.8. The Labute approximate surface area is 121 Å². The predicted molar refractivity (Wildman–Crippen MR) is 68.3 cm³/mol. The summed E-state index contributed by atoms with van der Waals surface area (Å²) in [5.41, 5.74) is 0.